The second kappa shape index (κ2) is 3.95. The predicted molar refractivity (Wildman–Crippen MR) is 59.4 cm³/mol. The Hall–Kier alpha value is -1.70. The van der Waals surface area contributed by atoms with Crippen molar-refractivity contribution in [3.63, 3.8) is 0 Å². The van der Waals surface area contributed by atoms with Crippen molar-refractivity contribution in [2.75, 3.05) is 17.2 Å². The summed E-state index contributed by atoms with van der Waals surface area (Å²) in [7, 11) is -4.69. The highest BCUT2D eigenvalue weighted by Crippen LogP contribution is 2.25. The van der Waals surface area contributed by atoms with Crippen LogP contribution < -0.4 is 10.6 Å². The Bertz CT molecular complexity index is 543. The minimum absolute atomic E-state index is 0.191. The molecule has 1 unspecified atom stereocenters. The van der Waals surface area contributed by atoms with E-state index < -0.39 is 21.4 Å². The third-order valence-corrected chi connectivity index (χ3v) is 3.68. The van der Waals surface area contributed by atoms with E-state index in [1.807, 2.05) is 0 Å². The second-order valence-corrected chi connectivity index (χ2v) is 5.37. The normalized spacial score (nSPS) is 20.9. The Morgan fingerprint density at radius 3 is 2.65 bits per heavy atom. The third kappa shape index (κ3) is 2.36. The summed E-state index contributed by atoms with van der Waals surface area (Å²) in [6.45, 7) is -0.191. The van der Waals surface area contributed by atoms with Gasteiger partial charge in [0.15, 0.2) is 0 Å². The lowest BCUT2D eigenvalue weighted by Crippen LogP contribution is -2.27. The molecule has 17 heavy (non-hydrogen) atoms. The molecule has 1 aliphatic rings. The summed E-state index contributed by atoms with van der Waals surface area (Å²) in [4.78, 5) is 16.5. The number of nitrogens with two attached hydrogens (primary N) is 1. The van der Waals surface area contributed by atoms with Crippen molar-refractivity contribution in [3.05, 3.63) is 18.3 Å². The number of halogens is 1. The molecule has 1 amide bonds. The number of pyridine rings is 1. The molecule has 6 nitrogen and oxygen atoms in total. The number of nitrogen functional groups attached to an aromatic ring is 1. The standard InChI is InChI=1S/C9H10FN3O3S/c10-17(15,16)7-3-9(14)13(5-7)6-1-2-8(11)12-4-6/h1-2,4,7H,3,5H2,(H2,11,12). The number of hydrogen-bond acceptors (Lipinski definition) is 5. The molecule has 1 aliphatic heterocycles. The van der Waals surface area contributed by atoms with Gasteiger partial charge < -0.3 is 10.6 Å². The monoisotopic (exact) mass is 259 g/mol. The number of anilines is 2. The van der Waals surface area contributed by atoms with Crippen LogP contribution in [0.15, 0.2) is 18.3 Å². The van der Waals surface area contributed by atoms with E-state index in [4.69, 9.17) is 5.73 Å². The van der Waals surface area contributed by atoms with Crippen molar-refractivity contribution in [3.8, 4) is 0 Å². The first kappa shape index (κ1) is 11.8. The molecule has 1 saturated heterocycles. The topological polar surface area (TPSA) is 93.4 Å². The van der Waals surface area contributed by atoms with Crippen molar-refractivity contribution in [1.29, 1.82) is 0 Å². The molecule has 2 heterocycles. The Morgan fingerprint density at radius 1 is 1.47 bits per heavy atom. The molecule has 1 aromatic rings. The lowest BCUT2D eigenvalue weighted by molar-refractivity contribution is -0.117. The van der Waals surface area contributed by atoms with Crippen LogP contribution in [-0.2, 0) is 15.0 Å². The van der Waals surface area contributed by atoms with E-state index >= 15 is 0 Å². The Morgan fingerprint density at radius 2 is 2.18 bits per heavy atom. The van der Waals surface area contributed by atoms with Gasteiger partial charge in [0.2, 0.25) is 5.91 Å². The second-order valence-electron chi connectivity index (χ2n) is 3.75. The van der Waals surface area contributed by atoms with Crippen molar-refractivity contribution < 1.29 is 17.1 Å². The third-order valence-electron chi connectivity index (χ3n) is 2.57. The zero-order chi connectivity index (χ0) is 12.6. The average Bonchev–Trinajstić information content (AvgIpc) is 2.61. The van der Waals surface area contributed by atoms with Gasteiger partial charge in [-0.1, -0.05) is 0 Å². The largest absolute Gasteiger partial charge is 0.384 e. The fourth-order valence-electron chi connectivity index (χ4n) is 1.67. The fraction of sp³-hybridized carbons (Fsp3) is 0.333. The number of hydrogen-bond donors (Lipinski definition) is 1. The average molecular weight is 259 g/mol. The maximum atomic E-state index is 12.8. The molecule has 2 rings (SSSR count). The molecule has 2 N–H and O–H groups in total. The zero-order valence-electron chi connectivity index (χ0n) is 8.71. The highest BCUT2D eigenvalue weighted by atomic mass is 32.3. The van der Waals surface area contributed by atoms with Gasteiger partial charge in [0, 0.05) is 13.0 Å². The lowest BCUT2D eigenvalue weighted by atomic mass is 10.3. The summed E-state index contributed by atoms with van der Waals surface area (Å²) >= 11 is 0. The lowest BCUT2D eigenvalue weighted by Gasteiger charge is -2.15. The van der Waals surface area contributed by atoms with Crippen LogP contribution in [0.2, 0.25) is 0 Å². The smallest absolute Gasteiger partial charge is 0.307 e. The van der Waals surface area contributed by atoms with Gasteiger partial charge in [-0.2, -0.15) is 8.42 Å². The van der Waals surface area contributed by atoms with Crippen molar-refractivity contribution in [2.24, 2.45) is 0 Å². The van der Waals surface area contributed by atoms with Gasteiger partial charge in [-0.05, 0) is 12.1 Å². The molecule has 0 aromatic carbocycles. The highest BCUT2D eigenvalue weighted by molar-refractivity contribution is 7.87. The predicted octanol–water partition coefficient (Wildman–Crippen LogP) is 0.0684. The number of rotatable bonds is 2. The van der Waals surface area contributed by atoms with Crippen molar-refractivity contribution in [2.45, 2.75) is 11.7 Å². The van der Waals surface area contributed by atoms with Crippen LogP contribution in [0.25, 0.3) is 0 Å². The first-order valence-corrected chi connectivity index (χ1v) is 6.28. The van der Waals surface area contributed by atoms with Crippen LogP contribution in [0.5, 0.6) is 0 Å². The van der Waals surface area contributed by atoms with Crippen LogP contribution >= 0.6 is 0 Å². The zero-order valence-corrected chi connectivity index (χ0v) is 9.52. The summed E-state index contributed by atoms with van der Waals surface area (Å²) < 4.78 is 34.2. The first-order chi connectivity index (χ1) is 7.88. The van der Waals surface area contributed by atoms with E-state index in [-0.39, 0.29) is 18.8 Å². The van der Waals surface area contributed by atoms with Gasteiger partial charge in [-0.25, -0.2) is 4.98 Å². The summed E-state index contributed by atoms with van der Waals surface area (Å²) in [6, 6.07) is 3.02. The van der Waals surface area contributed by atoms with E-state index in [0.29, 0.717) is 5.69 Å². The number of amides is 1. The number of aromatic nitrogens is 1. The van der Waals surface area contributed by atoms with E-state index in [0.717, 1.165) is 0 Å². The highest BCUT2D eigenvalue weighted by Gasteiger charge is 2.39. The number of carbonyl (C=O) groups excluding carboxylic acids is 1. The van der Waals surface area contributed by atoms with Crippen LogP contribution in [0.1, 0.15) is 6.42 Å². The van der Waals surface area contributed by atoms with Crippen molar-refractivity contribution >= 4 is 27.6 Å². The fourth-order valence-corrected chi connectivity index (χ4v) is 2.34. The molecule has 8 heteroatoms. The minimum Gasteiger partial charge on any atom is -0.384 e. The summed E-state index contributed by atoms with van der Waals surface area (Å²) in [6.07, 6.45) is 1.00. The quantitative estimate of drug-likeness (QED) is 0.758. The molecule has 0 saturated carbocycles. The molecular formula is C9H10FN3O3S. The Balaban J connectivity index is 2.24. The minimum atomic E-state index is -4.69. The van der Waals surface area contributed by atoms with Gasteiger partial charge in [-0.15, -0.1) is 3.89 Å². The molecule has 1 aromatic heterocycles. The van der Waals surface area contributed by atoms with Gasteiger partial charge in [0.05, 0.1) is 11.9 Å². The van der Waals surface area contributed by atoms with Gasteiger partial charge in [0.1, 0.15) is 11.1 Å². The number of carbonyl (C=O) groups is 1. The van der Waals surface area contributed by atoms with Gasteiger partial charge in [0.25, 0.3) is 0 Å². The molecule has 0 spiro atoms. The van der Waals surface area contributed by atoms with E-state index in [2.05, 4.69) is 4.98 Å². The van der Waals surface area contributed by atoms with Crippen LogP contribution in [0, 0.1) is 0 Å². The summed E-state index contributed by atoms with van der Waals surface area (Å²) in [5.74, 6) is -0.155. The summed E-state index contributed by atoms with van der Waals surface area (Å²) in [5.41, 5.74) is 5.80. The van der Waals surface area contributed by atoms with E-state index in [1.165, 1.54) is 23.2 Å². The Labute approximate surface area is 97.5 Å². The Kier molecular flexibility index (Phi) is 2.74. The maximum Gasteiger partial charge on any atom is 0.307 e. The van der Waals surface area contributed by atoms with Crippen molar-refractivity contribution in [1.82, 2.24) is 4.98 Å². The van der Waals surface area contributed by atoms with Crippen LogP contribution in [0.3, 0.4) is 0 Å². The molecule has 1 atom stereocenters. The number of nitrogens with zero attached hydrogens (tertiary/aromatic N) is 2. The van der Waals surface area contributed by atoms with E-state index in [1.54, 1.807) is 0 Å². The molecule has 1 fully saturated rings. The van der Waals surface area contributed by atoms with Gasteiger partial charge in [-0.3, -0.25) is 4.79 Å². The molecule has 92 valence electrons. The molecular weight excluding hydrogens is 249 g/mol. The molecule has 0 radical (unpaired) electrons. The molecule has 0 bridgehead atoms. The summed E-state index contributed by atoms with van der Waals surface area (Å²) in [5, 5.41) is -1.30. The maximum absolute atomic E-state index is 12.8. The van der Waals surface area contributed by atoms with Crippen LogP contribution in [0.4, 0.5) is 15.4 Å². The molecule has 0 aliphatic carbocycles. The SMILES string of the molecule is Nc1ccc(N2CC(S(=O)(=O)F)CC2=O)cn1. The van der Waals surface area contributed by atoms with Crippen LogP contribution in [-0.4, -0.2) is 31.1 Å². The van der Waals surface area contributed by atoms with Gasteiger partial charge >= 0.3 is 10.2 Å². The first-order valence-electron chi connectivity index (χ1n) is 4.83. The van der Waals surface area contributed by atoms with E-state index in [9.17, 15) is 17.1 Å².